The maximum absolute atomic E-state index is 5.56. The van der Waals surface area contributed by atoms with Crippen molar-refractivity contribution in [3.63, 3.8) is 0 Å². The van der Waals surface area contributed by atoms with Gasteiger partial charge in [-0.1, -0.05) is 0 Å². The van der Waals surface area contributed by atoms with Crippen molar-refractivity contribution in [2.45, 2.75) is 13.5 Å². The van der Waals surface area contributed by atoms with Crippen LogP contribution in [0.5, 0.6) is 0 Å². The van der Waals surface area contributed by atoms with Crippen molar-refractivity contribution < 1.29 is 4.42 Å². The summed E-state index contributed by atoms with van der Waals surface area (Å²) in [6.45, 7) is 2.27. The maximum Gasteiger partial charge on any atom is 0.229 e. The third-order valence-corrected chi connectivity index (χ3v) is 1.95. The number of nitrogens with zero attached hydrogens (tertiary/aromatic N) is 3. The highest BCUT2D eigenvalue weighted by Crippen LogP contribution is 2.21. The number of nitrogens with two attached hydrogens (primary N) is 1. The van der Waals surface area contributed by atoms with Crippen LogP contribution >= 0.6 is 0 Å². The Bertz CT molecular complexity index is 443. The number of aromatic nitrogens is 3. The third kappa shape index (κ3) is 1.42. The molecule has 5 nitrogen and oxygen atoms in total. The molecule has 2 aromatic rings. The second-order valence-corrected chi connectivity index (χ2v) is 3.16. The van der Waals surface area contributed by atoms with Crippen molar-refractivity contribution >= 4 is 0 Å². The standard InChI is InChI=1S/C9H12N4O/c1-6-5-14-9(11-6)7-4-13(2)12-8(7)3-10/h4-5H,3,10H2,1-2H3. The molecule has 0 aromatic carbocycles. The van der Waals surface area contributed by atoms with Gasteiger partial charge in [0.25, 0.3) is 0 Å². The quantitative estimate of drug-likeness (QED) is 0.765. The summed E-state index contributed by atoms with van der Waals surface area (Å²) >= 11 is 0. The van der Waals surface area contributed by atoms with E-state index in [9.17, 15) is 0 Å². The fourth-order valence-electron chi connectivity index (χ4n) is 1.34. The molecule has 0 aliphatic carbocycles. The second-order valence-electron chi connectivity index (χ2n) is 3.16. The molecule has 0 aliphatic rings. The molecule has 0 bridgehead atoms. The normalized spacial score (nSPS) is 10.8. The molecule has 0 atom stereocenters. The van der Waals surface area contributed by atoms with Crippen LogP contribution in [0.25, 0.3) is 11.5 Å². The molecule has 14 heavy (non-hydrogen) atoms. The summed E-state index contributed by atoms with van der Waals surface area (Å²) in [5.41, 5.74) is 8.08. The van der Waals surface area contributed by atoms with E-state index >= 15 is 0 Å². The van der Waals surface area contributed by atoms with Crippen LogP contribution in [0, 0.1) is 6.92 Å². The summed E-state index contributed by atoms with van der Waals surface area (Å²) in [5, 5.41) is 4.21. The van der Waals surface area contributed by atoms with Gasteiger partial charge in [-0.05, 0) is 6.92 Å². The Morgan fingerprint density at radius 2 is 2.36 bits per heavy atom. The van der Waals surface area contributed by atoms with Crippen LogP contribution in [0.4, 0.5) is 0 Å². The zero-order chi connectivity index (χ0) is 10.1. The molecule has 74 valence electrons. The summed E-state index contributed by atoms with van der Waals surface area (Å²) < 4.78 is 6.99. The van der Waals surface area contributed by atoms with E-state index in [0.29, 0.717) is 12.4 Å². The summed E-state index contributed by atoms with van der Waals surface area (Å²) in [6.07, 6.45) is 3.47. The smallest absolute Gasteiger partial charge is 0.229 e. The van der Waals surface area contributed by atoms with Gasteiger partial charge in [-0.3, -0.25) is 4.68 Å². The van der Waals surface area contributed by atoms with Crippen LogP contribution in [0.3, 0.4) is 0 Å². The van der Waals surface area contributed by atoms with Crippen LogP contribution in [-0.2, 0) is 13.6 Å². The van der Waals surface area contributed by atoms with E-state index in [1.165, 1.54) is 0 Å². The highest BCUT2D eigenvalue weighted by molar-refractivity contribution is 5.55. The number of hydrogen-bond acceptors (Lipinski definition) is 4. The summed E-state index contributed by atoms with van der Waals surface area (Å²) in [4.78, 5) is 4.23. The van der Waals surface area contributed by atoms with Crippen LogP contribution in [0.2, 0.25) is 0 Å². The lowest BCUT2D eigenvalue weighted by atomic mass is 10.2. The van der Waals surface area contributed by atoms with Gasteiger partial charge in [-0.25, -0.2) is 4.98 Å². The van der Waals surface area contributed by atoms with Crippen LogP contribution < -0.4 is 5.73 Å². The molecule has 2 aromatic heterocycles. The van der Waals surface area contributed by atoms with E-state index in [1.54, 1.807) is 10.9 Å². The van der Waals surface area contributed by atoms with E-state index in [-0.39, 0.29) is 0 Å². The molecule has 0 saturated carbocycles. The second kappa shape index (κ2) is 3.26. The molecule has 0 fully saturated rings. The zero-order valence-corrected chi connectivity index (χ0v) is 8.19. The van der Waals surface area contributed by atoms with Gasteiger partial charge in [-0.2, -0.15) is 5.10 Å². The van der Waals surface area contributed by atoms with Crippen LogP contribution in [-0.4, -0.2) is 14.8 Å². The Morgan fingerprint density at radius 1 is 1.57 bits per heavy atom. The van der Waals surface area contributed by atoms with Crippen molar-refractivity contribution in [2.75, 3.05) is 0 Å². The predicted molar refractivity (Wildman–Crippen MR) is 51.3 cm³/mol. The molecule has 0 amide bonds. The third-order valence-electron chi connectivity index (χ3n) is 1.95. The molecular formula is C9H12N4O. The van der Waals surface area contributed by atoms with E-state index in [4.69, 9.17) is 10.2 Å². The van der Waals surface area contributed by atoms with Gasteiger partial charge in [0, 0.05) is 19.8 Å². The number of rotatable bonds is 2. The molecular weight excluding hydrogens is 180 g/mol. The number of aryl methyl sites for hydroxylation is 2. The molecule has 0 aliphatic heterocycles. The molecule has 5 heteroatoms. The first-order valence-electron chi connectivity index (χ1n) is 4.36. The molecule has 2 rings (SSSR count). The maximum atomic E-state index is 5.56. The summed E-state index contributed by atoms with van der Waals surface area (Å²) in [5.74, 6) is 0.580. The van der Waals surface area contributed by atoms with Gasteiger partial charge < -0.3 is 10.2 Å². The zero-order valence-electron chi connectivity index (χ0n) is 8.19. The van der Waals surface area contributed by atoms with E-state index in [1.807, 2.05) is 20.2 Å². The largest absolute Gasteiger partial charge is 0.444 e. The topological polar surface area (TPSA) is 69.9 Å². The fraction of sp³-hybridized carbons (Fsp3) is 0.333. The Labute approximate surface area is 81.5 Å². The van der Waals surface area contributed by atoms with Crippen LogP contribution in [0.1, 0.15) is 11.4 Å². The van der Waals surface area contributed by atoms with E-state index in [0.717, 1.165) is 17.0 Å². The average Bonchev–Trinajstić information content (AvgIpc) is 2.71. The first-order valence-corrected chi connectivity index (χ1v) is 4.36. The molecule has 2 N–H and O–H groups in total. The van der Waals surface area contributed by atoms with Crippen molar-refractivity contribution in [3.05, 3.63) is 23.8 Å². The van der Waals surface area contributed by atoms with Crippen LogP contribution in [0.15, 0.2) is 16.9 Å². The minimum absolute atomic E-state index is 0.387. The predicted octanol–water partition coefficient (Wildman–Crippen LogP) is 0.842. The van der Waals surface area contributed by atoms with Crippen molar-refractivity contribution in [1.82, 2.24) is 14.8 Å². The molecule has 2 heterocycles. The lowest BCUT2D eigenvalue weighted by Gasteiger charge is -1.91. The summed E-state index contributed by atoms with van der Waals surface area (Å²) in [6, 6.07) is 0. The van der Waals surface area contributed by atoms with Crippen molar-refractivity contribution in [3.8, 4) is 11.5 Å². The SMILES string of the molecule is Cc1coc(-c2cn(C)nc2CN)n1. The lowest BCUT2D eigenvalue weighted by Crippen LogP contribution is -1.99. The van der Waals surface area contributed by atoms with Gasteiger partial charge in [-0.15, -0.1) is 0 Å². The lowest BCUT2D eigenvalue weighted by molar-refractivity contribution is 0.572. The summed E-state index contributed by atoms with van der Waals surface area (Å²) in [7, 11) is 1.85. The Balaban J connectivity index is 2.49. The van der Waals surface area contributed by atoms with Gasteiger partial charge >= 0.3 is 0 Å². The number of hydrogen-bond donors (Lipinski definition) is 1. The van der Waals surface area contributed by atoms with Gasteiger partial charge in [0.05, 0.1) is 17.0 Å². The van der Waals surface area contributed by atoms with E-state index in [2.05, 4.69) is 10.1 Å². The highest BCUT2D eigenvalue weighted by Gasteiger charge is 2.12. The molecule has 0 radical (unpaired) electrons. The monoisotopic (exact) mass is 192 g/mol. The van der Waals surface area contributed by atoms with Gasteiger partial charge in [0.1, 0.15) is 6.26 Å². The Kier molecular flexibility index (Phi) is 2.09. The van der Waals surface area contributed by atoms with E-state index < -0.39 is 0 Å². The van der Waals surface area contributed by atoms with Gasteiger partial charge in [0.15, 0.2) is 0 Å². The van der Waals surface area contributed by atoms with Crippen molar-refractivity contribution in [2.24, 2.45) is 12.8 Å². The Morgan fingerprint density at radius 3 is 2.93 bits per heavy atom. The average molecular weight is 192 g/mol. The minimum Gasteiger partial charge on any atom is -0.444 e. The minimum atomic E-state index is 0.387. The highest BCUT2D eigenvalue weighted by atomic mass is 16.3. The molecule has 0 saturated heterocycles. The fourth-order valence-corrected chi connectivity index (χ4v) is 1.34. The van der Waals surface area contributed by atoms with Crippen molar-refractivity contribution in [1.29, 1.82) is 0 Å². The first-order chi connectivity index (χ1) is 6.70. The number of oxazole rings is 1. The first kappa shape index (κ1) is 8.96. The molecule has 0 unspecified atom stereocenters. The Hall–Kier alpha value is -1.62. The van der Waals surface area contributed by atoms with Gasteiger partial charge in [0.2, 0.25) is 5.89 Å². The molecule has 0 spiro atoms.